The van der Waals surface area contributed by atoms with E-state index in [0.29, 0.717) is 9.91 Å². The molecule has 11 nitrogen and oxygen atoms in total. The Morgan fingerprint density at radius 2 is 2.17 bits per heavy atom. The molecule has 1 unspecified atom stereocenters. The first-order chi connectivity index (χ1) is 16.2. The van der Waals surface area contributed by atoms with Crippen molar-refractivity contribution < 1.29 is 63.7 Å². The van der Waals surface area contributed by atoms with Crippen molar-refractivity contribution in [3.8, 4) is 0 Å². The van der Waals surface area contributed by atoms with Gasteiger partial charge in [0, 0.05) is 18.6 Å². The van der Waals surface area contributed by atoms with Crippen LogP contribution in [-0.2, 0) is 23.9 Å². The van der Waals surface area contributed by atoms with Crippen molar-refractivity contribution in [2.75, 3.05) is 18.6 Å². The first kappa shape index (κ1) is 28.1. The van der Waals surface area contributed by atoms with Gasteiger partial charge in [-0.2, -0.15) is 11.3 Å². The van der Waals surface area contributed by atoms with E-state index in [9.17, 15) is 29.4 Å². The van der Waals surface area contributed by atoms with E-state index in [0.717, 1.165) is 9.91 Å². The fraction of sp³-hybridized carbons (Fsp3) is 0.368. The Kier molecular flexibility index (Phi) is 9.07. The average molecular weight is 565 g/mol. The quantitative estimate of drug-likeness (QED) is 0.107. The number of β-lactam (4-membered cyclic amide) rings is 1. The number of aromatic nitrogens is 2. The van der Waals surface area contributed by atoms with Crippen LogP contribution in [0.1, 0.15) is 16.5 Å². The van der Waals surface area contributed by atoms with Crippen molar-refractivity contribution in [1.82, 2.24) is 20.4 Å². The summed E-state index contributed by atoms with van der Waals surface area (Å²) in [7, 11) is 1.20. The predicted octanol–water partition coefficient (Wildman–Crippen LogP) is -2.75. The Balaban J connectivity index is 0.00000342. The predicted molar refractivity (Wildman–Crippen MR) is 123 cm³/mol. The van der Waals surface area contributed by atoms with Gasteiger partial charge in [0.25, 0.3) is 11.6 Å². The molecule has 2 aromatic rings. The smallest absolute Gasteiger partial charge is 0.543 e. The van der Waals surface area contributed by atoms with Gasteiger partial charge in [0.2, 0.25) is 5.91 Å². The van der Waals surface area contributed by atoms with Gasteiger partial charge in [-0.1, -0.05) is 23.1 Å². The first-order valence-corrected chi connectivity index (χ1v) is 13.4. The summed E-state index contributed by atoms with van der Waals surface area (Å²) >= 11 is 5.10. The van der Waals surface area contributed by atoms with Gasteiger partial charge in [-0.3, -0.25) is 19.3 Å². The van der Waals surface area contributed by atoms with E-state index in [4.69, 9.17) is 4.74 Å². The number of carboxylic acid groups (broad SMARTS) is 2. The van der Waals surface area contributed by atoms with Gasteiger partial charge >= 0.3 is 35.5 Å². The fourth-order valence-corrected chi connectivity index (χ4v) is 7.71. The Hall–Kier alpha value is -1.46. The van der Waals surface area contributed by atoms with Crippen molar-refractivity contribution in [3.05, 3.63) is 38.7 Å². The van der Waals surface area contributed by atoms with E-state index in [1.165, 1.54) is 64.8 Å². The van der Waals surface area contributed by atoms with Gasteiger partial charge in [-0.05, 0) is 34.9 Å². The number of rotatable bonds is 9. The minimum absolute atomic E-state index is 0. The number of thioether (sulfide) groups is 2. The summed E-state index contributed by atoms with van der Waals surface area (Å²) in [4.78, 5) is 50.8. The Morgan fingerprint density at radius 3 is 2.71 bits per heavy atom. The molecular weight excluding hydrogens is 547 g/mol. The van der Waals surface area contributed by atoms with Crippen LogP contribution in [0.4, 0.5) is 0 Å². The monoisotopic (exact) mass is 564 g/mol. The number of hydrogen-bond acceptors (Lipinski definition) is 12. The molecule has 1 saturated heterocycles. The van der Waals surface area contributed by atoms with E-state index in [1.807, 2.05) is 0 Å². The molecule has 16 heteroatoms. The van der Waals surface area contributed by atoms with Crippen LogP contribution in [0.5, 0.6) is 0 Å². The van der Waals surface area contributed by atoms with Crippen molar-refractivity contribution in [1.29, 1.82) is 0 Å². The first-order valence-electron chi connectivity index (χ1n) is 9.63. The van der Waals surface area contributed by atoms with Crippen LogP contribution in [0.15, 0.2) is 32.4 Å². The molecule has 2 aromatic heterocycles. The SMILES string of the molecule is CO[C@@]1(NC(=O)C(C(=O)O)c2ccsc2)C(=O)N2C(C(=O)[O-])=C(CSc3nnc(C)s3)CS[C@H]21.[Na+]. The normalized spacial score (nSPS) is 22.1. The van der Waals surface area contributed by atoms with E-state index in [2.05, 4.69) is 15.5 Å². The van der Waals surface area contributed by atoms with Crippen LogP contribution in [0.2, 0.25) is 0 Å². The molecule has 4 rings (SSSR count). The number of thiophene rings is 1. The van der Waals surface area contributed by atoms with E-state index in [1.54, 1.807) is 12.3 Å². The Bertz CT molecular complexity index is 1190. The fourth-order valence-electron chi connectivity index (χ4n) is 3.63. The number of carboxylic acids is 2. The molecule has 180 valence electrons. The topological polar surface area (TPSA) is 162 Å². The summed E-state index contributed by atoms with van der Waals surface area (Å²) in [5, 5.41) is 34.9. The third-order valence-corrected chi connectivity index (χ3v) is 9.33. The summed E-state index contributed by atoms with van der Waals surface area (Å²) in [6.07, 6.45) is 0. The van der Waals surface area contributed by atoms with Gasteiger partial charge in [0.15, 0.2) is 10.3 Å². The molecule has 0 spiro atoms. The number of carbonyl (C=O) groups is 4. The third kappa shape index (κ3) is 5.18. The standard InChI is InChI=1S/C19H18N4O7S4.Na/c1-8-21-22-18(34-8)33-7-10-6-32-17-19(30-2,16(29)23(17)12(10)15(27)28)20-13(24)11(14(25)26)9-3-4-31-5-9;/h3-5,11,17H,6-7H2,1-2H3,(H,20,24)(H,25,26)(H,27,28);/q;+1/p-1/t11?,17-,19-;/m0./s1. The number of methoxy groups -OCH3 is 1. The molecule has 2 aliphatic rings. The Labute approximate surface area is 238 Å². The largest absolute Gasteiger partial charge is 1.00 e. The molecule has 1 fully saturated rings. The zero-order valence-corrected chi connectivity index (χ0v) is 23.9. The van der Waals surface area contributed by atoms with Gasteiger partial charge in [0.05, 0.1) is 11.7 Å². The molecule has 0 saturated carbocycles. The molecular formula is C19H17N4NaO7S4. The second-order valence-electron chi connectivity index (χ2n) is 7.21. The zero-order valence-electron chi connectivity index (χ0n) is 18.7. The minimum Gasteiger partial charge on any atom is -0.543 e. The van der Waals surface area contributed by atoms with Gasteiger partial charge < -0.3 is 25.1 Å². The van der Waals surface area contributed by atoms with Crippen LogP contribution in [0, 0.1) is 6.92 Å². The second kappa shape index (κ2) is 11.3. The summed E-state index contributed by atoms with van der Waals surface area (Å²) in [6.45, 7) is 1.80. The van der Waals surface area contributed by atoms with Crippen molar-refractivity contribution >= 4 is 70.0 Å². The molecule has 0 aromatic carbocycles. The molecule has 4 heterocycles. The van der Waals surface area contributed by atoms with Gasteiger partial charge in [-0.25, -0.2) is 0 Å². The maximum Gasteiger partial charge on any atom is 1.00 e. The second-order valence-corrected chi connectivity index (χ2v) is 11.5. The van der Waals surface area contributed by atoms with E-state index in [-0.39, 0.29) is 52.3 Å². The molecule has 0 bridgehead atoms. The number of fused-ring (bicyclic) bond motifs is 1. The van der Waals surface area contributed by atoms with Crippen molar-refractivity contribution in [3.63, 3.8) is 0 Å². The number of nitrogens with one attached hydrogen (secondary N) is 1. The molecule has 2 N–H and O–H groups in total. The number of hydrogen-bond donors (Lipinski definition) is 2. The summed E-state index contributed by atoms with van der Waals surface area (Å²) in [6, 6.07) is 1.51. The Morgan fingerprint density at radius 1 is 1.43 bits per heavy atom. The maximum atomic E-state index is 13.2. The number of aryl methyl sites for hydroxylation is 1. The molecule has 2 amide bonds. The summed E-state index contributed by atoms with van der Waals surface area (Å²) in [5.74, 6) is -5.73. The molecule has 3 atom stereocenters. The average Bonchev–Trinajstić information content (AvgIpc) is 3.46. The molecule has 2 aliphatic heterocycles. The van der Waals surface area contributed by atoms with Crippen molar-refractivity contribution in [2.24, 2.45) is 0 Å². The number of ether oxygens (including phenoxy) is 1. The van der Waals surface area contributed by atoms with Gasteiger partial charge in [0.1, 0.15) is 10.4 Å². The van der Waals surface area contributed by atoms with Crippen LogP contribution in [0.25, 0.3) is 0 Å². The van der Waals surface area contributed by atoms with E-state index >= 15 is 0 Å². The molecule has 35 heavy (non-hydrogen) atoms. The molecule has 0 radical (unpaired) electrons. The third-order valence-electron chi connectivity index (χ3n) is 5.20. The number of amides is 2. The number of carbonyl (C=O) groups excluding carboxylic acids is 3. The van der Waals surface area contributed by atoms with E-state index < -0.39 is 40.8 Å². The van der Waals surface area contributed by atoms with Crippen LogP contribution in [-0.4, -0.2) is 73.7 Å². The van der Waals surface area contributed by atoms with Crippen LogP contribution >= 0.6 is 46.2 Å². The number of aliphatic carboxylic acids is 2. The summed E-state index contributed by atoms with van der Waals surface area (Å²) < 4.78 is 6.04. The summed E-state index contributed by atoms with van der Waals surface area (Å²) in [5.41, 5.74) is -1.45. The minimum atomic E-state index is -1.90. The van der Waals surface area contributed by atoms with Crippen molar-refractivity contribution in [2.45, 2.75) is 28.3 Å². The van der Waals surface area contributed by atoms with Gasteiger partial charge in [-0.15, -0.1) is 22.0 Å². The van der Waals surface area contributed by atoms with Crippen LogP contribution in [0.3, 0.4) is 0 Å². The van der Waals surface area contributed by atoms with Crippen LogP contribution < -0.4 is 40.0 Å². The maximum absolute atomic E-state index is 13.2. The number of nitrogens with zero attached hydrogens (tertiary/aromatic N) is 3. The molecule has 0 aliphatic carbocycles. The zero-order chi connectivity index (χ0) is 24.6.